The number of aryl methyl sites for hydroxylation is 2. The zero-order chi connectivity index (χ0) is 31.5. The van der Waals surface area contributed by atoms with Crippen molar-refractivity contribution in [3.8, 4) is 22.3 Å². The second kappa shape index (κ2) is 11.8. The molecule has 8 rings (SSSR count). The van der Waals surface area contributed by atoms with E-state index in [1.54, 1.807) is 11.1 Å². The van der Waals surface area contributed by atoms with Crippen molar-refractivity contribution in [2.45, 2.75) is 93.0 Å². The Hall–Kier alpha value is -2.55. The molecule has 2 saturated carbocycles. The molecule has 0 saturated heterocycles. The van der Waals surface area contributed by atoms with Crippen molar-refractivity contribution in [3.05, 3.63) is 130 Å². The molecule has 0 nitrogen and oxygen atoms in total. The third-order valence-corrected chi connectivity index (χ3v) is 68.6. The fourth-order valence-electron chi connectivity index (χ4n) is 10.8. The maximum atomic E-state index is 3.02. The van der Waals surface area contributed by atoms with Gasteiger partial charge in [0, 0.05) is 0 Å². The fraction of sp³-hybridized carbons (Fsp3) is 0.364. The van der Waals surface area contributed by atoms with E-state index in [-0.39, 0.29) is 0 Å². The third-order valence-electron chi connectivity index (χ3n) is 13.0. The summed E-state index contributed by atoms with van der Waals surface area (Å²) in [5.41, 5.74) is 15.9. The zero-order valence-corrected chi connectivity index (χ0v) is 33.0. The molecule has 0 aromatic heterocycles. The Morgan fingerprint density at radius 1 is 0.522 bits per heavy atom. The summed E-state index contributed by atoms with van der Waals surface area (Å²) < 4.78 is 7.26. The average molecular weight is 785 g/mol. The Bertz CT molecular complexity index is 1780. The minimum atomic E-state index is -4.00. The molecule has 0 bridgehead atoms. The number of benzene rings is 4. The fourth-order valence-corrected chi connectivity index (χ4v) is 77.7. The molecular weight excluding hydrogens is 735 g/mol. The molecule has 4 aliphatic carbocycles. The van der Waals surface area contributed by atoms with Crippen LogP contribution in [0.15, 0.2) is 97.1 Å². The van der Waals surface area contributed by atoms with Gasteiger partial charge in [-0.05, 0) is 0 Å². The van der Waals surface area contributed by atoms with Crippen LogP contribution in [-0.4, -0.2) is 5.49 Å². The van der Waals surface area contributed by atoms with Crippen LogP contribution in [0, 0.1) is 13.8 Å². The monoisotopic (exact) mass is 786 g/mol. The average Bonchev–Trinajstić information content (AvgIpc) is 3.89. The van der Waals surface area contributed by atoms with Gasteiger partial charge in [0.1, 0.15) is 0 Å². The summed E-state index contributed by atoms with van der Waals surface area (Å²) in [6, 6.07) is 33.1. The summed E-state index contributed by atoms with van der Waals surface area (Å²) in [4.78, 5) is 0. The van der Waals surface area contributed by atoms with Gasteiger partial charge >= 0.3 is 280 Å². The molecule has 4 aliphatic rings. The predicted octanol–water partition coefficient (Wildman–Crippen LogP) is 13.1. The van der Waals surface area contributed by atoms with Gasteiger partial charge in [0.2, 0.25) is 0 Å². The molecule has 2 unspecified atom stereocenters. The molecule has 234 valence electrons. The van der Waals surface area contributed by atoms with Gasteiger partial charge in [-0.1, -0.05) is 0 Å². The predicted molar refractivity (Wildman–Crippen MR) is 199 cm³/mol. The maximum absolute atomic E-state index is 4.00. The van der Waals surface area contributed by atoms with Crippen molar-refractivity contribution < 1.29 is 17.1 Å². The van der Waals surface area contributed by atoms with E-state index in [0.717, 1.165) is 11.1 Å². The van der Waals surface area contributed by atoms with Gasteiger partial charge in [0.15, 0.2) is 0 Å². The molecule has 0 radical (unpaired) electrons. The summed E-state index contributed by atoms with van der Waals surface area (Å²) >= 11 is -4.00. The standard InChI is InChI=1S/2C16H13.C10H18Si.2CH3.Hf/c2*1-12-8-10-14(11-9-12)16-7-3-5-13-4-2-6-15(13)16;1-2-6-9(5-1)11-10-7-3-4-8-10;;;/h2*2-11H,1H3;9-10H,1-8H2;2*1H3;. The van der Waals surface area contributed by atoms with E-state index in [9.17, 15) is 0 Å². The van der Waals surface area contributed by atoms with Gasteiger partial charge in [-0.2, -0.15) is 0 Å². The van der Waals surface area contributed by atoms with E-state index in [4.69, 9.17) is 0 Å². The van der Waals surface area contributed by atoms with Crippen LogP contribution in [0.2, 0.25) is 20.4 Å². The van der Waals surface area contributed by atoms with Gasteiger partial charge < -0.3 is 0 Å². The van der Waals surface area contributed by atoms with Crippen molar-refractivity contribution in [1.29, 1.82) is 0 Å². The van der Waals surface area contributed by atoms with E-state index in [2.05, 4.69) is 132 Å². The van der Waals surface area contributed by atoms with Crippen LogP contribution in [0.25, 0.3) is 34.4 Å². The van der Waals surface area contributed by atoms with Gasteiger partial charge in [-0.15, -0.1) is 0 Å². The Balaban J connectivity index is 1.38. The molecule has 0 spiro atoms. The number of hydrogen-bond acceptors (Lipinski definition) is 0. The Morgan fingerprint density at radius 2 is 0.913 bits per heavy atom. The van der Waals surface area contributed by atoms with Gasteiger partial charge in [0.25, 0.3) is 0 Å². The number of allylic oxidation sites excluding steroid dienone is 2. The first-order valence-electron chi connectivity index (χ1n) is 18.2. The van der Waals surface area contributed by atoms with Crippen LogP contribution in [0.4, 0.5) is 0 Å². The van der Waals surface area contributed by atoms with Crippen LogP contribution in [0.3, 0.4) is 0 Å². The summed E-state index contributed by atoms with van der Waals surface area (Å²) in [6.07, 6.45) is 22.5. The summed E-state index contributed by atoms with van der Waals surface area (Å²) in [5.74, 6) is 0. The molecule has 2 atom stereocenters. The molecule has 4 aromatic rings. The van der Waals surface area contributed by atoms with Crippen molar-refractivity contribution >= 4 is 17.6 Å². The zero-order valence-electron chi connectivity index (χ0n) is 28.4. The molecule has 46 heavy (non-hydrogen) atoms. The first-order chi connectivity index (χ1) is 22.3. The van der Waals surface area contributed by atoms with Crippen LogP contribution in [0.1, 0.15) is 92.1 Å². The molecule has 2 heteroatoms. The number of hydrogen-bond donors (Lipinski definition) is 0. The second-order valence-electron chi connectivity index (χ2n) is 16.1. The van der Waals surface area contributed by atoms with Crippen molar-refractivity contribution in [2.75, 3.05) is 0 Å². The molecule has 4 aromatic carbocycles. The summed E-state index contributed by atoms with van der Waals surface area (Å²) in [7, 11) is 0. The van der Waals surface area contributed by atoms with E-state index in [0.29, 0.717) is 7.35 Å². The normalized spacial score (nSPS) is 21.2. The Labute approximate surface area is 278 Å². The van der Waals surface area contributed by atoms with E-state index in [1.165, 1.54) is 95.9 Å². The van der Waals surface area contributed by atoms with Crippen molar-refractivity contribution in [1.82, 2.24) is 0 Å². The summed E-state index contributed by atoms with van der Waals surface area (Å²) in [5, 5.41) is 0. The van der Waals surface area contributed by atoms with Crippen LogP contribution >= 0.6 is 0 Å². The molecule has 0 heterocycles. The minimum absolute atomic E-state index is 0.608. The van der Waals surface area contributed by atoms with E-state index >= 15 is 0 Å². The Kier molecular flexibility index (Phi) is 7.92. The summed E-state index contributed by atoms with van der Waals surface area (Å²) in [6.45, 7) is 4.39. The first-order valence-corrected chi connectivity index (χ1v) is 36.5. The third kappa shape index (κ3) is 4.92. The van der Waals surface area contributed by atoms with Gasteiger partial charge in [-0.3, -0.25) is 0 Å². The second-order valence-corrected chi connectivity index (χ2v) is 61.0. The van der Waals surface area contributed by atoms with E-state index in [1.807, 2.05) is 0 Å². The quantitative estimate of drug-likeness (QED) is 0.171. The van der Waals surface area contributed by atoms with Crippen molar-refractivity contribution in [2.24, 2.45) is 0 Å². The first kappa shape index (κ1) is 30.8. The van der Waals surface area contributed by atoms with Crippen LogP contribution in [-0.2, 0) is 17.1 Å². The van der Waals surface area contributed by atoms with Crippen LogP contribution < -0.4 is 0 Å². The Morgan fingerprint density at radius 3 is 1.30 bits per heavy atom. The molecule has 0 N–H and O–H groups in total. The molecule has 0 amide bonds. The van der Waals surface area contributed by atoms with Gasteiger partial charge in [0.05, 0.1) is 0 Å². The van der Waals surface area contributed by atoms with Crippen molar-refractivity contribution in [3.63, 3.8) is 0 Å². The molecular formula is C44H50HfSi. The van der Waals surface area contributed by atoms with Crippen LogP contribution in [0.5, 0.6) is 0 Å². The molecule has 0 aliphatic heterocycles. The van der Waals surface area contributed by atoms with Gasteiger partial charge in [-0.25, -0.2) is 0 Å². The number of fused-ring (bicyclic) bond motifs is 2. The number of rotatable bonds is 6. The topological polar surface area (TPSA) is 0 Å². The van der Waals surface area contributed by atoms with E-state index < -0.39 is 22.6 Å². The SMILES string of the molecule is Cc1ccc(-c2cccc3c2C=C[CH]3[Hf]([CH3])([CH3])([CH]2C=Cc3c(-c4ccc(C)cc4)cccc32)=[Si](C2CCCC2)C2CCCC2)cc1. The molecule has 2 fully saturated rings.